The number of furan rings is 1. The molecular formula is C52H35NO. The zero-order chi connectivity index (χ0) is 42.8. The Bertz CT molecular complexity index is 3330. The van der Waals surface area contributed by atoms with Crippen LogP contribution in [-0.4, -0.2) is 0 Å². The molecule has 0 aliphatic carbocycles. The molecule has 0 fully saturated rings. The van der Waals surface area contributed by atoms with Gasteiger partial charge in [0, 0.05) is 33.1 Å². The third kappa shape index (κ3) is 5.71. The highest BCUT2D eigenvalue weighted by Gasteiger charge is 2.19. The van der Waals surface area contributed by atoms with E-state index in [-0.39, 0.29) is 46.7 Å². The van der Waals surface area contributed by atoms with Gasteiger partial charge in [-0.25, -0.2) is 0 Å². The monoisotopic (exact) mass is 697 g/mol. The van der Waals surface area contributed by atoms with Gasteiger partial charge in [-0.3, -0.25) is 0 Å². The summed E-state index contributed by atoms with van der Waals surface area (Å²) in [7, 11) is 0. The van der Waals surface area contributed by atoms with Crippen molar-refractivity contribution >= 4 is 49.8 Å². The van der Waals surface area contributed by atoms with Crippen molar-refractivity contribution in [2.45, 2.75) is 0 Å². The van der Waals surface area contributed by atoms with Crippen molar-refractivity contribution in [1.82, 2.24) is 0 Å². The summed E-state index contributed by atoms with van der Waals surface area (Å²) in [6.45, 7) is 0. The standard InChI is InChI=1S/C52H35NO/c1-3-11-36(12-4-1)38-19-21-39(22-20-38)41-27-32-45(33-28-41)53(44-30-25-40(26-31-44)37-13-5-2-6-14-37)50-17-9-7-15-46(50)43-24-23-42-29-34-48-47-16-8-10-18-51(47)54-52(48)49(42)35-43/h1-35H/i25D,26D,27D,28D,30D,31D,32D,33D. The number of rotatable bonds is 7. The lowest BCUT2D eigenvalue weighted by atomic mass is 9.97. The normalized spacial score (nSPS) is 13.4. The molecule has 0 aliphatic rings. The van der Waals surface area contributed by atoms with E-state index in [1.807, 2.05) is 115 Å². The third-order valence-corrected chi connectivity index (χ3v) is 9.83. The topological polar surface area (TPSA) is 16.4 Å². The van der Waals surface area contributed by atoms with Gasteiger partial charge in [-0.15, -0.1) is 0 Å². The number of para-hydroxylation sites is 2. The highest BCUT2D eigenvalue weighted by molar-refractivity contribution is 6.15. The Kier molecular flexibility index (Phi) is 6.01. The van der Waals surface area contributed by atoms with Crippen molar-refractivity contribution in [3.05, 3.63) is 212 Å². The van der Waals surface area contributed by atoms with Crippen molar-refractivity contribution in [3.8, 4) is 44.5 Å². The average Bonchev–Trinajstić information content (AvgIpc) is 3.70. The number of hydrogen-bond donors (Lipinski definition) is 0. The molecule has 10 rings (SSSR count). The fourth-order valence-corrected chi connectivity index (χ4v) is 7.12. The fourth-order valence-electron chi connectivity index (χ4n) is 7.12. The number of nitrogens with zero attached hydrogens (tertiary/aromatic N) is 1. The molecule has 254 valence electrons. The summed E-state index contributed by atoms with van der Waals surface area (Å²) in [4.78, 5) is 1.37. The van der Waals surface area contributed by atoms with Gasteiger partial charge in [-0.05, 0) is 92.8 Å². The van der Waals surface area contributed by atoms with E-state index < -0.39 is 24.2 Å². The number of fused-ring (bicyclic) bond motifs is 5. The maximum atomic E-state index is 9.62. The molecule has 0 atom stereocenters. The molecular weight excluding hydrogens is 655 g/mol. The van der Waals surface area contributed by atoms with Crippen LogP contribution in [-0.2, 0) is 0 Å². The lowest BCUT2D eigenvalue weighted by Crippen LogP contribution is -2.11. The van der Waals surface area contributed by atoms with E-state index in [0.29, 0.717) is 33.5 Å². The largest absolute Gasteiger partial charge is 0.455 e. The molecule has 54 heavy (non-hydrogen) atoms. The van der Waals surface area contributed by atoms with Crippen molar-refractivity contribution in [2.75, 3.05) is 4.90 Å². The first-order valence-electron chi connectivity index (χ1n) is 21.8. The Balaban J connectivity index is 1.22. The third-order valence-electron chi connectivity index (χ3n) is 9.83. The molecule has 0 unspecified atom stereocenters. The Morgan fingerprint density at radius 1 is 0.370 bits per heavy atom. The van der Waals surface area contributed by atoms with Crippen molar-refractivity contribution in [2.24, 2.45) is 0 Å². The summed E-state index contributed by atoms with van der Waals surface area (Å²) in [6.07, 6.45) is 0. The van der Waals surface area contributed by atoms with Gasteiger partial charge < -0.3 is 9.32 Å². The second-order valence-corrected chi connectivity index (χ2v) is 13.1. The number of anilines is 3. The average molecular weight is 698 g/mol. The molecule has 9 aromatic carbocycles. The Labute approximate surface area is 326 Å². The van der Waals surface area contributed by atoms with E-state index in [9.17, 15) is 11.0 Å². The summed E-state index contributed by atoms with van der Waals surface area (Å²) in [5, 5.41) is 3.74. The van der Waals surface area contributed by atoms with Crippen LogP contribution in [0.15, 0.2) is 217 Å². The lowest BCUT2D eigenvalue weighted by Gasteiger charge is -2.28. The van der Waals surface area contributed by atoms with Crippen LogP contribution < -0.4 is 4.90 Å². The predicted molar refractivity (Wildman–Crippen MR) is 228 cm³/mol. The summed E-state index contributed by atoms with van der Waals surface area (Å²) in [5.41, 5.74) is 5.80. The molecule has 0 bridgehead atoms. The van der Waals surface area contributed by atoms with Gasteiger partial charge in [0.15, 0.2) is 0 Å². The first kappa shape index (κ1) is 24.2. The van der Waals surface area contributed by atoms with Crippen LogP contribution in [0.2, 0.25) is 0 Å². The van der Waals surface area contributed by atoms with Crippen molar-refractivity contribution < 1.29 is 15.4 Å². The minimum atomic E-state index is -0.408. The summed E-state index contributed by atoms with van der Waals surface area (Å²) >= 11 is 0. The van der Waals surface area contributed by atoms with Crippen LogP contribution in [0.25, 0.3) is 77.2 Å². The molecule has 2 heteroatoms. The van der Waals surface area contributed by atoms with E-state index in [1.54, 1.807) is 48.5 Å². The number of hydrogen-bond acceptors (Lipinski definition) is 2. The minimum absolute atomic E-state index is 0.0972. The summed E-state index contributed by atoms with van der Waals surface area (Å²) in [5.74, 6) is 0. The van der Waals surface area contributed by atoms with Crippen LogP contribution >= 0.6 is 0 Å². The summed E-state index contributed by atoms with van der Waals surface area (Å²) in [6, 6.07) is 48.1. The van der Waals surface area contributed by atoms with E-state index >= 15 is 0 Å². The van der Waals surface area contributed by atoms with Crippen molar-refractivity contribution in [3.63, 3.8) is 0 Å². The minimum Gasteiger partial charge on any atom is -0.455 e. The predicted octanol–water partition coefficient (Wildman–Crippen LogP) is 14.9. The van der Waals surface area contributed by atoms with Gasteiger partial charge >= 0.3 is 0 Å². The maximum Gasteiger partial charge on any atom is 0.143 e. The molecule has 1 heterocycles. The maximum absolute atomic E-state index is 9.62. The molecule has 1 aromatic heterocycles. The fraction of sp³-hybridized carbons (Fsp3) is 0. The SMILES string of the molecule is [2H]c1c([2H])c(N(c2ccccc2-c2ccc3ccc4c5ccccc5oc4c3c2)c2c([2H])c([2H])c(-c3ccc(-c4ccccc4)cc3)c([2H])c2[2H])c([2H])c([2H])c1-c1ccccc1. The van der Waals surface area contributed by atoms with Crippen LogP contribution in [0.5, 0.6) is 0 Å². The molecule has 0 radical (unpaired) electrons. The van der Waals surface area contributed by atoms with Gasteiger partial charge in [0.05, 0.1) is 16.7 Å². The Hall–Kier alpha value is -7.16. The van der Waals surface area contributed by atoms with Gasteiger partial charge in [0.25, 0.3) is 0 Å². The van der Waals surface area contributed by atoms with E-state index in [1.165, 1.54) is 4.90 Å². The first-order chi connectivity index (χ1) is 30.1. The van der Waals surface area contributed by atoms with Gasteiger partial charge in [0.1, 0.15) is 11.2 Å². The van der Waals surface area contributed by atoms with Gasteiger partial charge in [-0.1, -0.05) is 164 Å². The highest BCUT2D eigenvalue weighted by Crippen LogP contribution is 2.43. The smallest absolute Gasteiger partial charge is 0.143 e. The highest BCUT2D eigenvalue weighted by atomic mass is 16.3. The molecule has 0 amide bonds. The summed E-state index contributed by atoms with van der Waals surface area (Å²) < 4.78 is 82.1. The second kappa shape index (κ2) is 13.4. The van der Waals surface area contributed by atoms with E-state index in [0.717, 1.165) is 38.3 Å². The molecule has 0 aliphatic heterocycles. The molecule has 0 spiro atoms. The Morgan fingerprint density at radius 3 is 1.54 bits per heavy atom. The van der Waals surface area contributed by atoms with E-state index in [4.69, 9.17) is 4.42 Å². The van der Waals surface area contributed by atoms with Crippen molar-refractivity contribution in [1.29, 1.82) is 0 Å². The van der Waals surface area contributed by atoms with Gasteiger partial charge in [-0.2, -0.15) is 0 Å². The molecule has 0 saturated heterocycles. The molecule has 0 saturated carbocycles. The quantitative estimate of drug-likeness (QED) is 0.165. The molecule has 10 aromatic rings. The van der Waals surface area contributed by atoms with Crippen LogP contribution in [0.1, 0.15) is 11.0 Å². The van der Waals surface area contributed by atoms with Crippen LogP contribution in [0, 0.1) is 0 Å². The molecule has 2 nitrogen and oxygen atoms in total. The second-order valence-electron chi connectivity index (χ2n) is 13.1. The number of benzene rings is 9. The van der Waals surface area contributed by atoms with E-state index in [2.05, 4.69) is 0 Å². The first-order valence-corrected chi connectivity index (χ1v) is 17.8. The Morgan fingerprint density at radius 2 is 0.870 bits per heavy atom. The zero-order valence-electron chi connectivity index (χ0n) is 36.9. The molecule has 0 N–H and O–H groups in total. The lowest BCUT2D eigenvalue weighted by molar-refractivity contribution is 0.672. The van der Waals surface area contributed by atoms with Gasteiger partial charge in [0.2, 0.25) is 0 Å². The van der Waals surface area contributed by atoms with Crippen LogP contribution in [0.4, 0.5) is 17.1 Å². The zero-order valence-corrected chi connectivity index (χ0v) is 28.9. The van der Waals surface area contributed by atoms with Crippen LogP contribution in [0.3, 0.4) is 0 Å².